The summed E-state index contributed by atoms with van der Waals surface area (Å²) >= 11 is 1.44. The van der Waals surface area contributed by atoms with Crippen LogP contribution in [0.2, 0.25) is 0 Å². The Morgan fingerprint density at radius 3 is 2.68 bits per heavy atom. The molecule has 4 nitrogen and oxygen atoms in total. The summed E-state index contributed by atoms with van der Waals surface area (Å²) in [5, 5.41) is 3.24. The third-order valence-electron chi connectivity index (χ3n) is 5.08. The van der Waals surface area contributed by atoms with Gasteiger partial charge in [0.25, 0.3) is 5.91 Å². The molecule has 2 aliphatic rings. The first-order chi connectivity index (χ1) is 10.7. The van der Waals surface area contributed by atoms with E-state index in [0.29, 0.717) is 6.04 Å². The number of piperidine rings is 1. The van der Waals surface area contributed by atoms with Crippen molar-refractivity contribution < 1.29 is 4.79 Å². The Morgan fingerprint density at radius 2 is 2.00 bits per heavy atom. The number of carbonyl (C=O) groups is 1. The van der Waals surface area contributed by atoms with Gasteiger partial charge >= 0.3 is 0 Å². The van der Waals surface area contributed by atoms with Gasteiger partial charge in [-0.25, -0.2) is 4.98 Å². The first-order valence-electron chi connectivity index (χ1n) is 8.69. The van der Waals surface area contributed by atoms with E-state index in [-0.39, 0.29) is 5.91 Å². The lowest BCUT2D eigenvalue weighted by Gasteiger charge is -2.38. The van der Waals surface area contributed by atoms with Gasteiger partial charge in [0.15, 0.2) is 0 Å². The molecule has 1 aromatic rings. The maximum absolute atomic E-state index is 12.4. The van der Waals surface area contributed by atoms with Crippen molar-refractivity contribution >= 4 is 17.2 Å². The second-order valence-electron chi connectivity index (χ2n) is 6.72. The smallest absolute Gasteiger partial charge is 0.263 e. The van der Waals surface area contributed by atoms with Crippen LogP contribution in [0, 0.1) is 6.92 Å². The third-order valence-corrected chi connectivity index (χ3v) is 6.01. The van der Waals surface area contributed by atoms with Gasteiger partial charge in [-0.1, -0.05) is 25.7 Å². The van der Waals surface area contributed by atoms with Gasteiger partial charge in [-0.05, 0) is 39.2 Å². The number of thiazole rings is 1. The van der Waals surface area contributed by atoms with Gasteiger partial charge in [0, 0.05) is 18.6 Å². The summed E-state index contributed by atoms with van der Waals surface area (Å²) in [6.07, 6.45) is 10.5. The SMILES string of the molecule is Cc1ncsc1C(=O)N[C@@H]1CCCN(C2CCCCCC2)C1. The highest BCUT2D eigenvalue weighted by Gasteiger charge is 2.27. The second-order valence-corrected chi connectivity index (χ2v) is 7.57. The fourth-order valence-corrected chi connectivity index (χ4v) is 4.56. The minimum absolute atomic E-state index is 0.0627. The summed E-state index contributed by atoms with van der Waals surface area (Å²) in [6.45, 7) is 4.13. The number of hydrogen-bond donors (Lipinski definition) is 1. The number of hydrogen-bond acceptors (Lipinski definition) is 4. The van der Waals surface area contributed by atoms with Crippen LogP contribution in [-0.2, 0) is 0 Å². The molecule has 122 valence electrons. The van der Waals surface area contributed by atoms with E-state index in [0.717, 1.165) is 29.6 Å². The van der Waals surface area contributed by atoms with Crippen molar-refractivity contribution in [3.63, 3.8) is 0 Å². The molecule has 1 N–H and O–H groups in total. The summed E-state index contributed by atoms with van der Waals surface area (Å²) in [5.41, 5.74) is 2.60. The van der Waals surface area contributed by atoms with Gasteiger partial charge < -0.3 is 5.32 Å². The van der Waals surface area contributed by atoms with Gasteiger partial charge in [-0.15, -0.1) is 11.3 Å². The molecule has 1 saturated heterocycles. The van der Waals surface area contributed by atoms with Crippen LogP contribution in [-0.4, -0.2) is 41.0 Å². The van der Waals surface area contributed by atoms with E-state index in [9.17, 15) is 4.79 Å². The van der Waals surface area contributed by atoms with Crippen LogP contribution < -0.4 is 5.32 Å². The van der Waals surface area contributed by atoms with Gasteiger partial charge in [-0.3, -0.25) is 9.69 Å². The molecular formula is C17H27N3OS. The van der Waals surface area contributed by atoms with E-state index in [1.165, 1.54) is 62.8 Å². The normalized spacial score (nSPS) is 24.9. The fourth-order valence-electron chi connectivity index (χ4n) is 3.85. The quantitative estimate of drug-likeness (QED) is 0.868. The highest BCUT2D eigenvalue weighted by molar-refractivity contribution is 7.11. The van der Waals surface area contributed by atoms with Crippen LogP contribution in [0.4, 0.5) is 0 Å². The van der Waals surface area contributed by atoms with Gasteiger partial charge in [0.05, 0.1) is 11.2 Å². The van der Waals surface area contributed by atoms with Crippen LogP contribution in [0.3, 0.4) is 0 Å². The lowest BCUT2D eigenvalue weighted by Crippen LogP contribution is -2.50. The van der Waals surface area contributed by atoms with Gasteiger partial charge in [-0.2, -0.15) is 0 Å². The van der Waals surface area contributed by atoms with Crippen LogP contribution in [0.5, 0.6) is 0 Å². The predicted molar refractivity (Wildman–Crippen MR) is 90.4 cm³/mol. The Kier molecular flexibility index (Phi) is 5.47. The molecule has 0 aromatic carbocycles. The van der Waals surface area contributed by atoms with Crippen molar-refractivity contribution in [2.75, 3.05) is 13.1 Å². The monoisotopic (exact) mass is 321 g/mol. The zero-order valence-corrected chi connectivity index (χ0v) is 14.3. The number of aryl methyl sites for hydroxylation is 1. The Labute approximate surface area is 137 Å². The number of nitrogens with zero attached hydrogens (tertiary/aromatic N) is 2. The van der Waals surface area contributed by atoms with Crippen LogP contribution >= 0.6 is 11.3 Å². The Morgan fingerprint density at radius 1 is 1.23 bits per heavy atom. The van der Waals surface area contributed by atoms with Crippen molar-refractivity contribution in [2.24, 2.45) is 0 Å². The molecule has 2 fully saturated rings. The summed E-state index contributed by atoms with van der Waals surface area (Å²) < 4.78 is 0. The van der Waals surface area contributed by atoms with Crippen LogP contribution in [0.25, 0.3) is 0 Å². The minimum Gasteiger partial charge on any atom is -0.347 e. The molecule has 5 heteroatoms. The van der Waals surface area contributed by atoms with Crippen LogP contribution in [0.15, 0.2) is 5.51 Å². The van der Waals surface area contributed by atoms with E-state index < -0.39 is 0 Å². The summed E-state index contributed by atoms with van der Waals surface area (Å²) in [4.78, 5) is 20.0. The fraction of sp³-hybridized carbons (Fsp3) is 0.765. The Hall–Kier alpha value is -0.940. The number of amides is 1. The number of carbonyl (C=O) groups excluding carboxylic acids is 1. The maximum Gasteiger partial charge on any atom is 0.263 e. The van der Waals surface area contributed by atoms with Crippen molar-refractivity contribution in [1.29, 1.82) is 0 Å². The highest BCUT2D eigenvalue weighted by Crippen LogP contribution is 2.25. The maximum atomic E-state index is 12.4. The zero-order chi connectivity index (χ0) is 15.4. The lowest BCUT2D eigenvalue weighted by atomic mass is 10.00. The summed E-state index contributed by atoms with van der Waals surface area (Å²) in [7, 11) is 0. The molecule has 3 rings (SSSR count). The number of likely N-dealkylation sites (tertiary alicyclic amines) is 1. The van der Waals surface area contributed by atoms with Gasteiger partial charge in [0.1, 0.15) is 4.88 Å². The zero-order valence-electron chi connectivity index (χ0n) is 13.5. The van der Waals surface area contributed by atoms with Crippen molar-refractivity contribution in [1.82, 2.24) is 15.2 Å². The first kappa shape index (κ1) is 15.9. The molecular weight excluding hydrogens is 294 g/mol. The molecule has 1 aromatic heterocycles. The second kappa shape index (κ2) is 7.55. The standard InChI is InChI=1S/C17H27N3OS/c1-13-16(22-12-18-13)17(21)19-14-7-6-10-20(11-14)15-8-4-2-3-5-9-15/h12,14-15H,2-11H2,1H3,(H,19,21)/t14-/m1/s1. The highest BCUT2D eigenvalue weighted by atomic mass is 32.1. The number of nitrogens with one attached hydrogen (secondary N) is 1. The summed E-state index contributed by atoms with van der Waals surface area (Å²) in [5.74, 6) is 0.0627. The van der Waals surface area contributed by atoms with E-state index in [2.05, 4.69) is 15.2 Å². The molecule has 1 amide bonds. The molecule has 1 saturated carbocycles. The van der Waals surface area contributed by atoms with Crippen molar-refractivity contribution in [2.45, 2.75) is 70.4 Å². The molecule has 22 heavy (non-hydrogen) atoms. The van der Waals surface area contributed by atoms with Crippen molar-refractivity contribution in [3.05, 3.63) is 16.1 Å². The number of rotatable bonds is 3. The molecule has 0 unspecified atom stereocenters. The largest absolute Gasteiger partial charge is 0.347 e. The predicted octanol–water partition coefficient (Wildman–Crippen LogP) is 3.37. The average molecular weight is 321 g/mol. The summed E-state index contributed by atoms with van der Waals surface area (Å²) in [6, 6.07) is 1.04. The topological polar surface area (TPSA) is 45.2 Å². The lowest BCUT2D eigenvalue weighted by molar-refractivity contribution is 0.0863. The molecule has 0 spiro atoms. The Bertz CT molecular complexity index is 494. The van der Waals surface area contributed by atoms with E-state index in [4.69, 9.17) is 0 Å². The molecule has 2 heterocycles. The molecule has 1 aliphatic carbocycles. The van der Waals surface area contributed by atoms with Crippen molar-refractivity contribution in [3.8, 4) is 0 Å². The molecule has 0 bridgehead atoms. The van der Waals surface area contributed by atoms with E-state index >= 15 is 0 Å². The molecule has 0 radical (unpaired) electrons. The van der Waals surface area contributed by atoms with E-state index in [1.807, 2.05) is 6.92 Å². The molecule has 1 atom stereocenters. The van der Waals surface area contributed by atoms with E-state index in [1.54, 1.807) is 5.51 Å². The number of aromatic nitrogens is 1. The first-order valence-corrected chi connectivity index (χ1v) is 9.57. The average Bonchev–Trinajstić information content (AvgIpc) is 2.78. The molecule has 1 aliphatic heterocycles. The van der Waals surface area contributed by atoms with Crippen LogP contribution in [0.1, 0.15) is 66.7 Å². The van der Waals surface area contributed by atoms with Gasteiger partial charge in [0.2, 0.25) is 0 Å². The third kappa shape index (κ3) is 3.87. The minimum atomic E-state index is 0.0627. The Balaban J connectivity index is 1.56.